The quantitative estimate of drug-likeness (QED) is 0.777. The zero-order valence-electron chi connectivity index (χ0n) is 13.8. The lowest BCUT2D eigenvalue weighted by molar-refractivity contribution is -0.116. The van der Waals surface area contributed by atoms with Gasteiger partial charge in [0.15, 0.2) is 0 Å². The van der Waals surface area contributed by atoms with Crippen molar-refractivity contribution in [2.75, 3.05) is 5.32 Å². The second kappa shape index (κ2) is 5.64. The van der Waals surface area contributed by atoms with Gasteiger partial charge in [0.25, 0.3) is 0 Å². The summed E-state index contributed by atoms with van der Waals surface area (Å²) in [6.45, 7) is 4.11. The van der Waals surface area contributed by atoms with Crippen molar-refractivity contribution >= 4 is 11.7 Å². The molecule has 0 bridgehead atoms. The van der Waals surface area contributed by atoms with Crippen molar-refractivity contribution in [1.82, 2.24) is 9.78 Å². The van der Waals surface area contributed by atoms with Gasteiger partial charge in [-0.05, 0) is 37.1 Å². The number of benzene rings is 2. The highest BCUT2D eigenvalue weighted by atomic mass is 16.1. The van der Waals surface area contributed by atoms with E-state index in [2.05, 4.69) is 24.4 Å². The van der Waals surface area contributed by atoms with Crippen LogP contribution < -0.4 is 5.32 Å². The van der Waals surface area contributed by atoms with E-state index < -0.39 is 0 Å². The van der Waals surface area contributed by atoms with Gasteiger partial charge in [-0.25, -0.2) is 4.68 Å². The Balaban J connectivity index is 1.91. The predicted octanol–water partition coefficient (Wildman–Crippen LogP) is 3.96. The number of nitrogens with one attached hydrogen (secondary N) is 1. The van der Waals surface area contributed by atoms with Crippen LogP contribution in [-0.4, -0.2) is 15.7 Å². The van der Waals surface area contributed by atoms with Gasteiger partial charge in [-0.2, -0.15) is 5.10 Å². The van der Waals surface area contributed by atoms with Gasteiger partial charge in [0.2, 0.25) is 5.91 Å². The lowest BCUT2D eigenvalue weighted by Gasteiger charge is -2.25. The average molecular weight is 317 g/mol. The number of carbonyl (C=O) groups is 1. The first kappa shape index (κ1) is 14.7. The fraction of sp³-hybridized carbons (Fsp3) is 0.200. The number of fused-ring (bicyclic) bond motifs is 1. The fourth-order valence-electron chi connectivity index (χ4n) is 3.55. The van der Waals surface area contributed by atoms with Crippen molar-refractivity contribution in [3.8, 4) is 5.69 Å². The van der Waals surface area contributed by atoms with E-state index in [1.807, 2.05) is 54.1 Å². The van der Waals surface area contributed by atoms with Crippen LogP contribution in [0.1, 0.15) is 34.7 Å². The summed E-state index contributed by atoms with van der Waals surface area (Å²) in [7, 11) is 0. The summed E-state index contributed by atoms with van der Waals surface area (Å²) in [5.74, 6) is 0.878. The minimum absolute atomic E-state index is 0.0350. The number of carbonyl (C=O) groups excluding carboxylic acids is 1. The summed E-state index contributed by atoms with van der Waals surface area (Å²) in [5.41, 5.74) is 5.43. The molecule has 1 aliphatic heterocycles. The monoisotopic (exact) mass is 317 g/mol. The van der Waals surface area contributed by atoms with Crippen LogP contribution in [0.5, 0.6) is 0 Å². The minimum Gasteiger partial charge on any atom is -0.310 e. The molecule has 1 aliphatic rings. The van der Waals surface area contributed by atoms with Crippen molar-refractivity contribution in [3.05, 3.63) is 77.0 Å². The van der Waals surface area contributed by atoms with E-state index in [0.29, 0.717) is 6.42 Å². The first-order chi connectivity index (χ1) is 11.6. The molecule has 0 spiro atoms. The third kappa shape index (κ3) is 2.31. The van der Waals surface area contributed by atoms with Gasteiger partial charge in [0, 0.05) is 17.9 Å². The summed E-state index contributed by atoms with van der Waals surface area (Å²) in [6, 6.07) is 18.2. The zero-order valence-corrected chi connectivity index (χ0v) is 13.8. The molecule has 0 radical (unpaired) electrons. The lowest BCUT2D eigenvalue weighted by Crippen LogP contribution is -2.25. The van der Waals surface area contributed by atoms with E-state index >= 15 is 0 Å². The largest absolute Gasteiger partial charge is 0.310 e. The number of aryl methyl sites for hydroxylation is 2. The number of hydrogen-bond donors (Lipinski definition) is 1. The third-order valence-corrected chi connectivity index (χ3v) is 4.67. The normalized spacial score (nSPS) is 16.6. The van der Waals surface area contributed by atoms with Crippen LogP contribution in [0.25, 0.3) is 5.69 Å². The van der Waals surface area contributed by atoms with Crippen molar-refractivity contribution < 1.29 is 4.79 Å². The van der Waals surface area contributed by atoms with Crippen LogP contribution >= 0.6 is 0 Å². The number of rotatable bonds is 2. The third-order valence-electron chi connectivity index (χ3n) is 4.67. The second-order valence-electron chi connectivity index (χ2n) is 6.26. The second-order valence-corrected chi connectivity index (χ2v) is 6.26. The first-order valence-electron chi connectivity index (χ1n) is 8.15. The average Bonchev–Trinajstić information content (AvgIpc) is 2.92. The molecule has 1 unspecified atom stereocenters. The van der Waals surface area contributed by atoms with Gasteiger partial charge in [-0.3, -0.25) is 4.79 Å². The Kier molecular flexibility index (Phi) is 3.45. The van der Waals surface area contributed by atoms with Crippen molar-refractivity contribution in [2.45, 2.75) is 26.2 Å². The highest BCUT2D eigenvalue weighted by molar-refractivity contribution is 5.95. The molecular weight excluding hydrogens is 298 g/mol. The maximum atomic E-state index is 12.4. The standard InChI is InChI=1S/C20H19N3O/c1-13-8-6-7-11-16(13)17-12-18(24)21-20-19(17)14(2)22-23(20)15-9-4-3-5-10-15/h3-11,17H,12H2,1-2H3,(H,21,24). The minimum atomic E-state index is 0.0350. The summed E-state index contributed by atoms with van der Waals surface area (Å²) in [5, 5.41) is 7.73. The number of amides is 1. The number of para-hydroxylation sites is 1. The highest BCUT2D eigenvalue weighted by Crippen LogP contribution is 2.41. The van der Waals surface area contributed by atoms with Crippen LogP contribution in [0.3, 0.4) is 0 Å². The zero-order chi connectivity index (χ0) is 16.7. The Morgan fingerprint density at radius 3 is 2.50 bits per heavy atom. The van der Waals surface area contributed by atoms with Gasteiger partial charge < -0.3 is 5.32 Å². The maximum absolute atomic E-state index is 12.4. The highest BCUT2D eigenvalue weighted by Gasteiger charge is 2.33. The SMILES string of the molecule is Cc1ccccc1C1CC(=O)Nc2c1c(C)nn2-c1ccccc1. The molecule has 120 valence electrons. The molecule has 4 rings (SSSR count). The molecule has 4 nitrogen and oxygen atoms in total. The summed E-state index contributed by atoms with van der Waals surface area (Å²) >= 11 is 0. The van der Waals surface area contributed by atoms with E-state index in [0.717, 1.165) is 22.8 Å². The van der Waals surface area contributed by atoms with Crippen molar-refractivity contribution in [1.29, 1.82) is 0 Å². The molecular formula is C20H19N3O. The Hall–Kier alpha value is -2.88. The molecule has 24 heavy (non-hydrogen) atoms. The molecule has 0 saturated heterocycles. The van der Waals surface area contributed by atoms with Crippen molar-refractivity contribution in [3.63, 3.8) is 0 Å². The molecule has 2 aromatic carbocycles. The summed E-state index contributed by atoms with van der Waals surface area (Å²) < 4.78 is 1.84. The Labute approximate surface area is 141 Å². The van der Waals surface area contributed by atoms with E-state index in [4.69, 9.17) is 5.10 Å². The van der Waals surface area contributed by atoms with Gasteiger partial charge in [-0.15, -0.1) is 0 Å². The lowest BCUT2D eigenvalue weighted by atomic mass is 9.84. The van der Waals surface area contributed by atoms with Crippen LogP contribution in [0.15, 0.2) is 54.6 Å². The van der Waals surface area contributed by atoms with E-state index in [-0.39, 0.29) is 11.8 Å². The molecule has 4 heteroatoms. The van der Waals surface area contributed by atoms with Gasteiger partial charge >= 0.3 is 0 Å². The molecule has 1 aromatic heterocycles. The van der Waals surface area contributed by atoms with Crippen LogP contribution in [0.2, 0.25) is 0 Å². The van der Waals surface area contributed by atoms with Gasteiger partial charge in [-0.1, -0.05) is 42.5 Å². The summed E-state index contributed by atoms with van der Waals surface area (Å²) in [4.78, 5) is 12.4. The number of aromatic nitrogens is 2. The number of anilines is 1. The molecule has 1 amide bonds. The first-order valence-corrected chi connectivity index (χ1v) is 8.15. The fourth-order valence-corrected chi connectivity index (χ4v) is 3.55. The van der Waals surface area contributed by atoms with Gasteiger partial charge in [0.1, 0.15) is 5.82 Å². The molecule has 1 atom stereocenters. The molecule has 0 saturated carbocycles. The molecule has 3 aromatic rings. The van der Waals surface area contributed by atoms with Crippen LogP contribution in [-0.2, 0) is 4.79 Å². The number of nitrogens with zero attached hydrogens (tertiary/aromatic N) is 2. The maximum Gasteiger partial charge on any atom is 0.226 e. The number of hydrogen-bond acceptors (Lipinski definition) is 2. The predicted molar refractivity (Wildman–Crippen MR) is 94.6 cm³/mol. The Morgan fingerprint density at radius 1 is 1.04 bits per heavy atom. The van der Waals surface area contributed by atoms with E-state index in [1.54, 1.807) is 0 Å². The summed E-state index contributed by atoms with van der Waals surface area (Å²) in [6.07, 6.45) is 0.458. The topological polar surface area (TPSA) is 46.9 Å². The Morgan fingerprint density at radius 2 is 1.75 bits per heavy atom. The van der Waals surface area contributed by atoms with Crippen LogP contribution in [0.4, 0.5) is 5.82 Å². The molecule has 0 fully saturated rings. The van der Waals surface area contributed by atoms with E-state index in [1.165, 1.54) is 11.1 Å². The molecule has 0 aliphatic carbocycles. The molecule has 2 heterocycles. The van der Waals surface area contributed by atoms with E-state index in [9.17, 15) is 4.79 Å². The van der Waals surface area contributed by atoms with Crippen molar-refractivity contribution in [2.24, 2.45) is 0 Å². The Bertz CT molecular complexity index is 912. The smallest absolute Gasteiger partial charge is 0.226 e. The van der Waals surface area contributed by atoms with Crippen LogP contribution in [0, 0.1) is 13.8 Å². The molecule has 1 N–H and O–H groups in total. The van der Waals surface area contributed by atoms with Gasteiger partial charge in [0.05, 0.1) is 11.4 Å².